The first-order valence-electron chi connectivity index (χ1n) is 9.57. The molecule has 0 radical (unpaired) electrons. The SMILES string of the molecule is CC(C)c1ccc(/C=C2\Oc3cc(OC(=O)c4ccccc4Br)ccc3C2=O)cc1. The van der Waals surface area contributed by atoms with Crippen molar-refractivity contribution in [3.63, 3.8) is 0 Å². The highest BCUT2D eigenvalue weighted by molar-refractivity contribution is 9.10. The Bertz CT molecular complexity index is 1160. The third-order valence-corrected chi connectivity index (χ3v) is 5.54. The van der Waals surface area contributed by atoms with E-state index in [1.54, 1.807) is 42.5 Å². The quantitative estimate of drug-likeness (QED) is 0.255. The molecule has 4 nitrogen and oxygen atoms in total. The number of fused-ring (bicyclic) bond motifs is 1. The van der Waals surface area contributed by atoms with Crippen molar-refractivity contribution >= 4 is 33.8 Å². The van der Waals surface area contributed by atoms with Crippen LogP contribution in [-0.4, -0.2) is 11.8 Å². The summed E-state index contributed by atoms with van der Waals surface area (Å²) in [5.74, 6) is 0.691. The number of ether oxygens (including phenoxy) is 2. The number of hydrogen-bond donors (Lipinski definition) is 0. The van der Waals surface area contributed by atoms with Gasteiger partial charge in [0.25, 0.3) is 0 Å². The standard InChI is InChI=1S/C25H19BrO4/c1-15(2)17-9-7-16(8-10-17)13-23-24(27)20-12-11-18(14-22(20)30-23)29-25(28)19-5-3-4-6-21(19)26/h3-15H,1-2H3/b23-13-. The predicted molar refractivity (Wildman–Crippen MR) is 119 cm³/mol. The normalized spacial score (nSPS) is 14.0. The molecule has 3 aromatic carbocycles. The fourth-order valence-corrected chi connectivity index (χ4v) is 3.59. The molecule has 3 aromatic rings. The van der Waals surface area contributed by atoms with Crippen molar-refractivity contribution in [1.82, 2.24) is 0 Å². The monoisotopic (exact) mass is 462 g/mol. The lowest BCUT2D eigenvalue weighted by molar-refractivity contribution is 0.0733. The average molecular weight is 463 g/mol. The summed E-state index contributed by atoms with van der Waals surface area (Å²) in [4.78, 5) is 25.1. The van der Waals surface area contributed by atoms with Crippen LogP contribution in [0.25, 0.3) is 6.08 Å². The number of ketones is 1. The molecule has 0 unspecified atom stereocenters. The second-order valence-electron chi connectivity index (χ2n) is 7.29. The molecule has 1 heterocycles. The van der Waals surface area contributed by atoms with Gasteiger partial charge in [-0.2, -0.15) is 0 Å². The number of allylic oxidation sites excluding steroid dienone is 1. The topological polar surface area (TPSA) is 52.6 Å². The van der Waals surface area contributed by atoms with E-state index in [1.165, 1.54) is 5.56 Å². The molecule has 0 aromatic heterocycles. The maximum Gasteiger partial charge on any atom is 0.344 e. The van der Waals surface area contributed by atoms with E-state index in [0.717, 1.165) is 5.56 Å². The predicted octanol–water partition coefficient (Wildman–Crippen LogP) is 6.41. The van der Waals surface area contributed by atoms with E-state index in [1.807, 2.05) is 30.3 Å². The van der Waals surface area contributed by atoms with Crippen molar-refractivity contribution in [1.29, 1.82) is 0 Å². The van der Waals surface area contributed by atoms with Crippen LogP contribution in [0.1, 0.15) is 51.6 Å². The van der Waals surface area contributed by atoms with E-state index < -0.39 is 5.97 Å². The number of carbonyl (C=O) groups excluding carboxylic acids is 2. The second-order valence-corrected chi connectivity index (χ2v) is 8.14. The van der Waals surface area contributed by atoms with Crippen LogP contribution in [0.5, 0.6) is 11.5 Å². The van der Waals surface area contributed by atoms with Crippen molar-refractivity contribution in [3.05, 3.63) is 99.2 Å². The van der Waals surface area contributed by atoms with Crippen LogP contribution >= 0.6 is 15.9 Å². The summed E-state index contributed by atoms with van der Waals surface area (Å²) in [5, 5.41) is 0. The van der Waals surface area contributed by atoms with Crippen molar-refractivity contribution in [2.75, 3.05) is 0 Å². The van der Waals surface area contributed by atoms with Gasteiger partial charge in [-0.05, 0) is 63.3 Å². The highest BCUT2D eigenvalue weighted by Crippen LogP contribution is 2.35. The second kappa shape index (κ2) is 8.28. The maximum absolute atomic E-state index is 12.7. The minimum atomic E-state index is -0.493. The third kappa shape index (κ3) is 4.07. The summed E-state index contributed by atoms with van der Waals surface area (Å²) in [6.07, 6.45) is 1.72. The molecular formula is C25H19BrO4. The molecule has 1 aliphatic heterocycles. The van der Waals surface area contributed by atoms with Crippen LogP contribution in [0, 0.1) is 0 Å². The lowest BCUT2D eigenvalue weighted by Crippen LogP contribution is -2.09. The molecule has 4 rings (SSSR count). The lowest BCUT2D eigenvalue weighted by Gasteiger charge is -2.07. The molecular weight excluding hydrogens is 444 g/mol. The van der Waals surface area contributed by atoms with Crippen molar-refractivity contribution in [3.8, 4) is 11.5 Å². The first-order chi connectivity index (χ1) is 14.4. The molecule has 0 amide bonds. The molecule has 0 aliphatic carbocycles. The average Bonchev–Trinajstić information content (AvgIpc) is 3.03. The molecule has 0 spiro atoms. The lowest BCUT2D eigenvalue weighted by atomic mass is 10.0. The Balaban J connectivity index is 1.54. The van der Waals surface area contributed by atoms with E-state index in [4.69, 9.17) is 9.47 Å². The van der Waals surface area contributed by atoms with Crippen LogP contribution in [0.4, 0.5) is 0 Å². The summed E-state index contributed by atoms with van der Waals surface area (Å²) in [5.41, 5.74) is 2.98. The number of carbonyl (C=O) groups is 2. The number of halogens is 1. The number of Topliss-reactive ketones (excluding diaryl/α,β-unsaturated/α-hetero) is 1. The van der Waals surface area contributed by atoms with Crippen molar-refractivity contribution in [2.24, 2.45) is 0 Å². The smallest absolute Gasteiger partial charge is 0.344 e. The summed E-state index contributed by atoms with van der Waals surface area (Å²) < 4.78 is 11.9. The molecule has 150 valence electrons. The number of rotatable bonds is 4. The maximum atomic E-state index is 12.7. The van der Waals surface area contributed by atoms with E-state index in [0.29, 0.717) is 33.0 Å². The zero-order valence-corrected chi connectivity index (χ0v) is 18.1. The van der Waals surface area contributed by atoms with Crippen molar-refractivity contribution < 1.29 is 19.1 Å². The van der Waals surface area contributed by atoms with Gasteiger partial charge in [0.1, 0.15) is 11.5 Å². The molecule has 0 bridgehead atoms. The van der Waals surface area contributed by atoms with Gasteiger partial charge >= 0.3 is 5.97 Å². The molecule has 1 aliphatic rings. The first-order valence-corrected chi connectivity index (χ1v) is 10.4. The Hall–Kier alpha value is -3.18. The van der Waals surface area contributed by atoms with Gasteiger partial charge in [-0.3, -0.25) is 4.79 Å². The summed E-state index contributed by atoms with van der Waals surface area (Å²) in [6.45, 7) is 4.27. The van der Waals surface area contributed by atoms with Gasteiger partial charge in [0.15, 0.2) is 5.76 Å². The Morgan fingerprint density at radius 2 is 1.77 bits per heavy atom. The number of hydrogen-bond acceptors (Lipinski definition) is 4. The van der Waals surface area contributed by atoms with Gasteiger partial charge in [-0.15, -0.1) is 0 Å². The van der Waals surface area contributed by atoms with Crippen LogP contribution in [0.3, 0.4) is 0 Å². The number of benzene rings is 3. The zero-order chi connectivity index (χ0) is 21.3. The Kier molecular flexibility index (Phi) is 5.55. The van der Waals surface area contributed by atoms with E-state index in [2.05, 4.69) is 29.8 Å². The molecule has 0 saturated carbocycles. The highest BCUT2D eigenvalue weighted by atomic mass is 79.9. The Labute approximate surface area is 183 Å². The van der Waals surface area contributed by atoms with Crippen LogP contribution in [-0.2, 0) is 0 Å². The van der Waals surface area contributed by atoms with E-state index >= 15 is 0 Å². The summed E-state index contributed by atoms with van der Waals surface area (Å²) in [7, 11) is 0. The minimum absolute atomic E-state index is 0.193. The zero-order valence-electron chi connectivity index (χ0n) is 16.5. The summed E-state index contributed by atoms with van der Waals surface area (Å²) in [6, 6.07) is 19.8. The Morgan fingerprint density at radius 3 is 2.47 bits per heavy atom. The molecule has 0 saturated heterocycles. The van der Waals surface area contributed by atoms with Crippen LogP contribution < -0.4 is 9.47 Å². The molecule has 0 N–H and O–H groups in total. The highest BCUT2D eigenvalue weighted by Gasteiger charge is 2.28. The van der Waals surface area contributed by atoms with E-state index in [9.17, 15) is 9.59 Å². The van der Waals surface area contributed by atoms with Gasteiger partial charge in [-0.1, -0.05) is 50.2 Å². The minimum Gasteiger partial charge on any atom is -0.452 e. The van der Waals surface area contributed by atoms with Gasteiger partial charge in [0, 0.05) is 10.5 Å². The van der Waals surface area contributed by atoms with Crippen LogP contribution in [0.15, 0.2) is 77.0 Å². The van der Waals surface area contributed by atoms with Crippen molar-refractivity contribution in [2.45, 2.75) is 19.8 Å². The summed E-state index contributed by atoms with van der Waals surface area (Å²) >= 11 is 3.34. The molecule has 30 heavy (non-hydrogen) atoms. The van der Waals surface area contributed by atoms with Gasteiger partial charge < -0.3 is 9.47 Å². The van der Waals surface area contributed by atoms with Crippen LogP contribution in [0.2, 0.25) is 0 Å². The molecule has 5 heteroatoms. The van der Waals surface area contributed by atoms with Gasteiger partial charge in [0.2, 0.25) is 5.78 Å². The largest absolute Gasteiger partial charge is 0.452 e. The Morgan fingerprint density at radius 1 is 1.03 bits per heavy atom. The fraction of sp³-hybridized carbons (Fsp3) is 0.120. The van der Waals surface area contributed by atoms with Gasteiger partial charge in [-0.25, -0.2) is 4.79 Å². The molecule has 0 fully saturated rings. The van der Waals surface area contributed by atoms with E-state index in [-0.39, 0.29) is 11.5 Å². The fourth-order valence-electron chi connectivity index (χ4n) is 3.15. The third-order valence-electron chi connectivity index (χ3n) is 4.85. The number of esters is 1. The molecule has 0 atom stereocenters. The van der Waals surface area contributed by atoms with Gasteiger partial charge in [0.05, 0.1) is 11.1 Å². The first kappa shape index (κ1) is 20.1.